The summed E-state index contributed by atoms with van der Waals surface area (Å²) in [6, 6.07) is 11.8. The Morgan fingerprint density at radius 1 is 1.28 bits per heavy atom. The van der Waals surface area contributed by atoms with Crippen molar-refractivity contribution >= 4 is 41.8 Å². The van der Waals surface area contributed by atoms with E-state index in [2.05, 4.69) is 15.7 Å². The van der Waals surface area contributed by atoms with E-state index in [0.717, 1.165) is 47.5 Å². The number of amides is 1. The van der Waals surface area contributed by atoms with Gasteiger partial charge in [-0.1, -0.05) is 30.3 Å². The van der Waals surface area contributed by atoms with E-state index in [1.807, 2.05) is 50.4 Å². The first-order valence-corrected chi connectivity index (χ1v) is 9.52. The van der Waals surface area contributed by atoms with Gasteiger partial charge < -0.3 is 10.6 Å². The molecule has 4 rings (SSSR count). The van der Waals surface area contributed by atoms with Gasteiger partial charge in [-0.15, -0.1) is 24.8 Å². The highest BCUT2D eigenvalue weighted by molar-refractivity contribution is 6.07. The molecule has 2 aromatic heterocycles. The number of hydrogen-bond donors (Lipinski definition) is 2. The molecule has 1 fully saturated rings. The Balaban J connectivity index is 0.00000150. The van der Waals surface area contributed by atoms with Gasteiger partial charge in [-0.3, -0.25) is 9.48 Å². The lowest BCUT2D eigenvalue weighted by atomic mass is 9.99. The molecule has 8 heteroatoms. The molecule has 0 bridgehead atoms. The molecule has 2 N–H and O–H groups in total. The summed E-state index contributed by atoms with van der Waals surface area (Å²) in [6.45, 7) is 4.65. The molecule has 1 aromatic carbocycles. The zero-order valence-corrected chi connectivity index (χ0v) is 18.3. The predicted octanol–water partition coefficient (Wildman–Crippen LogP) is 3.52. The van der Waals surface area contributed by atoms with Gasteiger partial charge >= 0.3 is 0 Å². The average Bonchev–Trinajstić information content (AvgIpc) is 3.00. The number of halogens is 2. The van der Waals surface area contributed by atoms with Crippen molar-refractivity contribution < 1.29 is 4.79 Å². The van der Waals surface area contributed by atoms with Crippen LogP contribution in [0, 0.1) is 12.8 Å². The summed E-state index contributed by atoms with van der Waals surface area (Å²) in [7, 11) is 1.87. The van der Waals surface area contributed by atoms with Crippen LogP contribution >= 0.6 is 24.8 Å². The van der Waals surface area contributed by atoms with Gasteiger partial charge in [-0.2, -0.15) is 5.10 Å². The molecule has 0 aliphatic carbocycles. The SMILES string of the molecule is Cc1nn(C)c2nc(-c3ccccc3)cc(C(=O)NCC3CCCNC3)c12.Cl.Cl. The minimum Gasteiger partial charge on any atom is -0.352 e. The number of rotatable bonds is 4. The van der Waals surface area contributed by atoms with Crippen LogP contribution in [0.3, 0.4) is 0 Å². The first-order chi connectivity index (χ1) is 13.1. The third-order valence-corrected chi connectivity index (χ3v) is 5.23. The van der Waals surface area contributed by atoms with Crippen molar-refractivity contribution in [1.29, 1.82) is 0 Å². The van der Waals surface area contributed by atoms with Gasteiger partial charge in [-0.25, -0.2) is 4.98 Å². The van der Waals surface area contributed by atoms with Gasteiger partial charge in [0.1, 0.15) is 0 Å². The van der Waals surface area contributed by atoms with E-state index in [1.54, 1.807) is 4.68 Å². The normalized spacial score (nSPS) is 16.0. The Morgan fingerprint density at radius 3 is 2.72 bits per heavy atom. The van der Waals surface area contributed by atoms with Gasteiger partial charge in [0.25, 0.3) is 5.91 Å². The number of benzene rings is 1. The van der Waals surface area contributed by atoms with E-state index in [9.17, 15) is 4.79 Å². The molecule has 3 heterocycles. The van der Waals surface area contributed by atoms with E-state index >= 15 is 0 Å². The van der Waals surface area contributed by atoms with E-state index < -0.39 is 0 Å². The minimum atomic E-state index is -0.0544. The number of pyridine rings is 1. The lowest BCUT2D eigenvalue weighted by Crippen LogP contribution is -2.38. The van der Waals surface area contributed by atoms with Gasteiger partial charge in [0, 0.05) is 19.2 Å². The summed E-state index contributed by atoms with van der Waals surface area (Å²) in [6.07, 6.45) is 2.32. The van der Waals surface area contributed by atoms with Crippen molar-refractivity contribution in [2.24, 2.45) is 13.0 Å². The zero-order chi connectivity index (χ0) is 18.8. The maximum absolute atomic E-state index is 13.0. The van der Waals surface area contributed by atoms with Crippen LogP contribution in [0.4, 0.5) is 0 Å². The van der Waals surface area contributed by atoms with Crippen LogP contribution in [0.2, 0.25) is 0 Å². The van der Waals surface area contributed by atoms with Crippen molar-refractivity contribution in [2.75, 3.05) is 19.6 Å². The van der Waals surface area contributed by atoms with Crippen molar-refractivity contribution in [3.63, 3.8) is 0 Å². The highest BCUT2D eigenvalue weighted by Gasteiger charge is 2.20. The van der Waals surface area contributed by atoms with Gasteiger partial charge in [0.2, 0.25) is 0 Å². The molecule has 3 aromatic rings. The van der Waals surface area contributed by atoms with Gasteiger partial charge in [-0.05, 0) is 44.8 Å². The molecule has 1 aliphatic heterocycles. The lowest BCUT2D eigenvalue weighted by molar-refractivity contribution is 0.0946. The van der Waals surface area contributed by atoms with Crippen molar-refractivity contribution in [3.05, 3.63) is 47.7 Å². The molecular weight excluding hydrogens is 409 g/mol. The monoisotopic (exact) mass is 435 g/mol. The Hall–Kier alpha value is -2.15. The fraction of sp³-hybridized carbons (Fsp3) is 0.381. The second kappa shape index (κ2) is 10.1. The minimum absolute atomic E-state index is 0. The molecule has 1 amide bonds. The van der Waals surface area contributed by atoms with Crippen LogP contribution < -0.4 is 10.6 Å². The van der Waals surface area contributed by atoms with E-state index in [1.165, 1.54) is 6.42 Å². The van der Waals surface area contributed by atoms with E-state index in [-0.39, 0.29) is 30.7 Å². The van der Waals surface area contributed by atoms with Crippen LogP contribution in [0.15, 0.2) is 36.4 Å². The Kier molecular flexibility index (Phi) is 8.02. The Bertz CT molecular complexity index is 968. The summed E-state index contributed by atoms with van der Waals surface area (Å²) in [5.41, 5.74) is 3.98. The fourth-order valence-electron chi connectivity index (χ4n) is 3.81. The van der Waals surface area contributed by atoms with Crippen LogP contribution in [0.25, 0.3) is 22.3 Å². The number of aryl methyl sites for hydroxylation is 2. The number of hydrogen-bond acceptors (Lipinski definition) is 4. The number of nitrogens with zero attached hydrogens (tertiary/aromatic N) is 3. The summed E-state index contributed by atoms with van der Waals surface area (Å²) in [5, 5.41) is 11.8. The second-order valence-corrected chi connectivity index (χ2v) is 7.25. The Labute approximate surface area is 183 Å². The number of nitrogens with one attached hydrogen (secondary N) is 2. The first-order valence-electron chi connectivity index (χ1n) is 9.52. The molecule has 0 spiro atoms. The van der Waals surface area contributed by atoms with Crippen LogP contribution in [-0.2, 0) is 7.05 Å². The van der Waals surface area contributed by atoms with Gasteiger partial charge in [0.15, 0.2) is 5.65 Å². The Morgan fingerprint density at radius 2 is 2.03 bits per heavy atom. The highest BCUT2D eigenvalue weighted by atomic mass is 35.5. The standard InChI is InChI=1S/C21H25N5O.2ClH/c1-14-19-17(21(27)23-13-15-7-6-10-22-12-15)11-18(16-8-4-3-5-9-16)24-20(19)26(2)25-14;;/h3-5,8-9,11,15,22H,6-7,10,12-13H2,1-2H3,(H,23,27);2*1H. The summed E-state index contributed by atoms with van der Waals surface area (Å²) < 4.78 is 1.75. The third kappa shape index (κ3) is 4.89. The first kappa shape index (κ1) is 23.1. The number of piperidine rings is 1. The molecule has 1 saturated heterocycles. The van der Waals surface area contributed by atoms with Crippen LogP contribution in [0.1, 0.15) is 28.9 Å². The predicted molar refractivity (Wildman–Crippen MR) is 121 cm³/mol. The third-order valence-electron chi connectivity index (χ3n) is 5.23. The summed E-state index contributed by atoms with van der Waals surface area (Å²) in [5.74, 6) is 0.435. The quantitative estimate of drug-likeness (QED) is 0.657. The number of carbonyl (C=O) groups is 1. The number of aromatic nitrogens is 3. The molecule has 1 aliphatic rings. The molecule has 1 atom stereocenters. The number of carbonyl (C=O) groups excluding carboxylic acids is 1. The number of fused-ring (bicyclic) bond motifs is 1. The topological polar surface area (TPSA) is 71.8 Å². The smallest absolute Gasteiger partial charge is 0.252 e. The molecule has 6 nitrogen and oxygen atoms in total. The van der Waals surface area contributed by atoms with Crippen molar-refractivity contribution in [1.82, 2.24) is 25.4 Å². The maximum atomic E-state index is 13.0. The molecule has 0 radical (unpaired) electrons. The van der Waals surface area contributed by atoms with Crippen molar-refractivity contribution in [3.8, 4) is 11.3 Å². The largest absolute Gasteiger partial charge is 0.352 e. The summed E-state index contributed by atoms with van der Waals surface area (Å²) in [4.78, 5) is 17.8. The molecule has 29 heavy (non-hydrogen) atoms. The molecule has 1 unspecified atom stereocenters. The van der Waals surface area contributed by atoms with Crippen LogP contribution in [-0.4, -0.2) is 40.3 Å². The van der Waals surface area contributed by atoms with Crippen molar-refractivity contribution in [2.45, 2.75) is 19.8 Å². The van der Waals surface area contributed by atoms with Gasteiger partial charge in [0.05, 0.1) is 22.3 Å². The molecule has 156 valence electrons. The molecular formula is C21H27Cl2N5O. The highest BCUT2D eigenvalue weighted by Crippen LogP contribution is 2.26. The second-order valence-electron chi connectivity index (χ2n) is 7.25. The molecule has 0 saturated carbocycles. The van der Waals surface area contributed by atoms with E-state index in [4.69, 9.17) is 4.98 Å². The maximum Gasteiger partial charge on any atom is 0.252 e. The fourth-order valence-corrected chi connectivity index (χ4v) is 3.81. The van der Waals surface area contributed by atoms with Crippen LogP contribution in [0.5, 0.6) is 0 Å². The zero-order valence-electron chi connectivity index (χ0n) is 16.6. The lowest BCUT2D eigenvalue weighted by Gasteiger charge is -2.23. The van der Waals surface area contributed by atoms with E-state index in [0.29, 0.717) is 18.0 Å². The average molecular weight is 436 g/mol. The summed E-state index contributed by atoms with van der Waals surface area (Å²) >= 11 is 0.